The summed E-state index contributed by atoms with van der Waals surface area (Å²) >= 11 is 0. The number of halogens is 7. The van der Waals surface area contributed by atoms with Crippen LogP contribution in [0.25, 0.3) is 0 Å². The van der Waals surface area contributed by atoms with Gasteiger partial charge >= 0.3 is 29.7 Å². The van der Waals surface area contributed by atoms with Crippen LogP contribution < -0.4 is 0 Å². The monoisotopic (exact) mass is 272 g/mol. The first kappa shape index (κ1) is 15.4. The van der Waals surface area contributed by atoms with E-state index in [4.69, 9.17) is 10.2 Å². The van der Waals surface area contributed by atoms with Gasteiger partial charge in [-0.2, -0.15) is 26.3 Å². The Morgan fingerprint density at radius 2 is 1.29 bits per heavy atom. The third kappa shape index (κ3) is 2.13. The van der Waals surface area contributed by atoms with Gasteiger partial charge in [-0.15, -0.1) is 0 Å². The van der Waals surface area contributed by atoms with E-state index in [1.165, 1.54) is 0 Å². The second kappa shape index (κ2) is 4.04. The molecule has 0 radical (unpaired) electrons. The summed E-state index contributed by atoms with van der Waals surface area (Å²) in [7, 11) is 0. The zero-order valence-corrected chi connectivity index (χ0v) is 7.43. The second-order valence-corrected chi connectivity index (χ2v) is 2.78. The highest BCUT2D eigenvalue weighted by Gasteiger charge is 2.79. The number of hydrogen-bond acceptors (Lipinski definition) is 2. The average molecular weight is 272 g/mol. The normalized spacial score (nSPS) is 15.5. The van der Waals surface area contributed by atoms with E-state index in [1.54, 1.807) is 0 Å². The molecule has 4 nitrogen and oxygen atoms in total. The van der Waals surface area contributed by atoms with Crippen LogP contribution in [0.5, 0.6) is 0 Å². The van der Waals surface area contributed by atoms with Crippen LogP contribution in [0, 0.1) is 0 Å². The molecule has 0 heterocycles. The zero-order valence-electron chi connectivity index (χ0n) is 7.43. The highest BCUT2D eigenvalue weighted by molar-refractivity contribution is 5.78. The molecule has 0 aliphatic heterocycles. The van der Waals surface area contributed by atoms with Crippen molar-refractivity contribution in [2.24, 2.45) is 0 Å². The largest absolute Gasteiger partial charge is 0.479 e. The molecule has 11 heteroatoms. The molecule has 0 spiro atoms. The van der Waals surface area contributed by atoms with Gasteiger partial charge in [-0.3, -0.25) is 0 Å². The quantitative estimate of drug-likeness (QED) is 0.742. The minimum atomic E-state index is -6.70. The predicted octanol–water partition coefficient (Wildman–Crippen LogP) is 1.40. The van der Waals surface area contributed by atoms with Gasteiger partial charge < -0.3 is 10.2 Å². The van der Waals surface area contributed by atoms with Gasteiger partial charge in [0.25, 0.3) is 6.17 Å². The van der Waals surface area contributed by atoms with Gasteiger partial charge in [0.2, 0.25) is 0 Å². The van der Waals surface area contributed by atoms with E-state index in [-0.39, 0.29) is 0 Å². The van der Waals surface area contributed by atoms with Crippen LogP contribution >= 0.6 is 0 Å². The van der Waals surface area contributed by atoms with Crippen LogP contribution in [-0.4, -0.2) is 46.1 Å². The molecule has 0 amide bonds. The van der Waals surface area contributed by atoms with E-state index < -0.39 is 35.9 Å². The summed E-state index contributed by atoms with van der Waals surface area (Å²) in [6.45, 7) is 0. The molecule has 0 saturated carbocycles. The molecule has 0 aromatic rings. The topological polar surface area (TPSA) is 74.6 Å². The molecule has 1 unspecified atom stereocenters. The Hall–Kier alpha value is -1.55. The Morgan fingerprint density at radius 1 is 0.941 bits per heavy atom. The van der Waals surface area contributed by atoms with E-state index >= 15 is 0 Å². The summed E-state index contributed by atoms with van der Waals surface area (Å²) in [5, 5.41) is 15.3. The molecule has 0 bridgehead atoms. The van der Waals surface area contributed by atoms with Gasteiger partial charge in [0.05, 0.1) is 0 Å². The van der Waals surface area contributed by atoms with Gasteiger partial charge in [0.15, 0.2) is 0 Å². The molecule has 1 atom stereocenters. The lowest BCUT2D eigenvalue weighted by atomic mass is 10.0. The van der Waals surface area contributed by atoms with Gasteiger partial charge in [0, 0.05) is 0 Å². The van der Waals surface area contributed by atoms with E-state index in [2.05, 4.69) is 0 Å². The van der Waals surface area contributed by atoms with Crippen LogP contribution in [-0.2, 0) is 9.59 Å². The van der Waals surface area contributed by atoms with Crippen LogP contribution in [0.15, 0.2) is 0 Å². The molecule has 17 heavy (non-hydrogen) atoms. The van der Waals surface area contributed by atoms with Crippen molar-refractivity contribution >= 4 is 11.9 Å². The fourth-order valence-corrected chi connectivity index (χ4v) is 0.658. The minimum absolute atomic E-state index is 3.13. The van der Waals surface area contributed by atoms with Crippen molar-refractivity contribution in [2.75, 3.05) is 0 Å². The molecule has 0 aromatic heterocycles. The summed E-state index contributed by atoms with van der Waals surface area (Å²) in [5.74, 6) is -26.2. The van der Waals surface area contributed by atoms with Crippen molar-refractivity contribution in [3.05, 3.63) is 0 Å². The maximum Gasteiger partial charge on any atom is 0.410 e. The Morgan fingerprint density at radius 3 is 1.53 bits per heavy atom. The van der Waals surface area contributed by atoms with E-state index in [9.17, 15) is 40.3 Å². The van der Waals surface area contributed by atoms with Crippen LogP contribution in [0.2, 0.25) is 0 Å². The summed E-state index contributed by atoms with van der Waals surface area (Å²) < 4.78 is 86.6. The zero-order chi connectivity index (χ0) is 14.2. The van der Waals surface area contributed by atoms with Crippen LogP contribution in [0.4, 0.5) is 30.7 Å². The molecule has 100 valence electrons. The van der Waals surface area contributed by atoms with Gasteiger partial charge in [0.1, 0.15) is 0 Å². The van der Waals surface area contributed by atoms with Gasteiger partial charge in [-0.1, -0.05) is 0 Å². The van der Waals surface area contributed by atoms with Crippen molar-refractivity contribution in [2.45, 2.75) is 23.9 Å². The first-order valence-electron chi connectivity index (χ1n) is 3.53. The lowest BCUT2D eigenvalue weighted by Crippen LogP contribution is -2.62. The molecule has 0 aromatic carbocycles. The SMILES string of the molecule is O=C(O)C(F)C(F)(F)C(F)(F)C(F)(F)C(=O)O. The molecule has 0 rings (SSSR count). The van der Waals surface area contributed by atoms with Crippen LogP contribution in [0.3, 0.4) is 0 Å². The van der Waals surface area contributed by atoms with Crippen molar-refractivity contribution in [1.29, 1.82) is 0 Å². The van der Waals surface area contributed by atoms with Crippen LogP contribution in [0.1, 0.15) is 0 Å². The number of carbonyl (C=O) groups is 2. The van der Waals surface area contributed by atoms with Gasteiger partial charge in [-0.25, -0.2) is 14.0 Å². The third-order valence-electron chi connectivity index (χ3n) is 1.62. The molecule has 2 N–H and O–H groups in total. The molecular formula is C6H3F7O4. The first-order chi connectivity index (χ1) is 7.30. The number of carboxylic acid groups (broad SMARTS) is 2. The number of aliphatic carboxylic acids is 2. The van der Waals surface area contributed by atoms with Crippen molar-refractivity contribution in [3.63, 3.8) is 0 Å². The smallest absolute Gasteiger partial charge is 0.410 e. The highest BCUT2D eigenvalue weighted by Crippen LogP contribution is 2.48. The van der Waals surface area contributed by atoms with Crippen molar-refractivity contribution in [3.8, 4) is 0 Å². The predicted molar refractivity (Wildman–Crippen MR) is 35.0 cm³/mol. The fourth-order valence-electron chi connectivity index (χ4n) is 0.658. The summed E-state index contributed by atoms with van der Waals surface area (Å²) in [4.78, 5) is 19.4. The number of hydrogen-bond donors (Lipinski definition) is 2. The Bertz CT molecular complexity index is 339. The Kier molecular flexibility index (Phi) is 3.67. The summed E-state index contributed by atoms with van der Waals surface area (Å²) in [6.07, 6.45) is -4.68. The van der Waals surface area contributed by atoms with E-state index in [0.29, 0.717) is 0 Å². The lowest BCUT2D eigenvalue weighted by molar-refractivity contribution is -0.316. The molecular weight excluding hydrogens is 269 g/mol. The average Bonchev–Trinajstić information content (AvgIpc) is 2.15. The third-order valence-corrected chi connectivity index (χ3v) is 1.62. The van der Waals surface area contributed by atoms with E-state index in [0.717, 1.165) is 0 Å². The highest BCUT2D eigenvalue weighted by atomic mass is 19.3. The summed E-state index contributed by atoms with van der Waals surface area (Å²) in [6, 6.07) is 0. The maximum absolute atomic E-state index is 12.5. The molecule has 0 fully saturated rings. The van der Waals surface area contributed by atoms with E-state index in [1.807, 2.05) is 0 Å². The Balaban J connectivity index is 5.59. The molecule has 0 aliphatic rings. The molecule has 0 saturated heterocycles. The Labute approximate surface area is 87.6 Å². The number of alkyl halides is 7. The summed E-state index contributed by atoms with van der Waals surface area (Å²) in [5.41, 5.74) is 0. The van der Waals surface area contributed by atoms with Crippen molar-refractivity contribution < 1.29 is 50.5 Å². The van der Waals surface area contributed by atoms with Gasteiger partial charge in [-0.05, 0) is 0 Å². The lowest BCUT2D eigenvalue weighted by Gasteiger charge is -2.30. The van der Waals surface area contributed by atoms with Crippen molar-refractivity contribution in [1.82, 2.24) is 0 Å². The maximum atomic E-state index is 12.5. The number of rotatable bonds is 5. The molecule has 0 aliphatic carbocycles. The second-order valence-electron chi connectivity index (χ2n) is 2.78. The number of carboxylic acids is 2. The first-order valence-corrected chi connectivity index (χ1v) is 3.53. The minimum Gasteiger partial charge on any atom is -0.479 e. The standard InChI is InChI=1S/C6H3F7O4/c7-1(2(14)15)4(8,9)6(12,13)5(10,11)3(16)17/h1H,(H,14,15)(H,16,17). The fraction of sp³-hybridized carbons (Fsp3) is 0.667.